The highest BCUT2D eigenvalue weighted by Gasteiger charge is 2.43. The maximum Gasteiger partial charge on any atom is 0.211 e. The molecule has 0 heterocycles. The lowest BCUT2D eigenvalue weighted by Gasteiger charge is -2.27. The summed E-state index contributed by atoms with van der Waals surface area (Å²) in [5.74, 6) is 0. The van der Waals surface area contributed by atoms with Crippen LogP contribution >= 0.6 is 45.2 Å². The standard InChI is InChI=1S/C14H16I2O2/c1-2-3-7-10-14(12(15)17,13(16)18)11-8-5-4-6-9-11/h4-6,8-9H,2-3,7,10H2,1H3. The summed E-state index contributed by atoms with van der Waals surface area (Å²) in [6, 6.07) is 9.40. The molecule has 0 N–H and O–H groups in total. The molecule has 0 spiro atoms. The molecule has 0 atom stereocenters. The molecule has 0 aliphatic carbocycles. The van der Waals surface area contributed by atoms with Gasteiger partial charge in [0, 0.05) is 45.2 Å². The summed E-state index contributed by atoms with van der Waals surface area (Å²) in [4.78, 5) is 24.1. The lowest BCUT2D eigenvalue weighted by molar-refractivity contribution is -0.123. The van der Waals surface area contributed by atoms with E-state index in [9.17, 15) is 9.59 Å². The summed E-state index contributed by atoms with van der Waals surface area (Å²) in [6.07, 6.45) is 3.63. The minimum Gasteiger partial charge on any atom is -0.286 e. The Morgan fingerprint density at radius 2 is 1.61 bits per heavy atom. The van der Waals surface area contributed by atoms with Gasteiger partial charge in [0.25, 0.3) is 0 Å². The van der Waals surface area contributed by atoms with E-state index >= 15 is 0 Å². The molecule has 2 nitrogen and oxygen atoms in total. The van der Waals surface area contributed by atoms with Crippen molar-refractivity contribution in [3.63, 3.8) is 0 Å². The maximum absolute atomic E-state index is 12.1. The van der Waals surface area contributed by atoms with Gasteiger partial charge in [0.15, 0.2) is 0 Å². The van der Waals surface area contributed by atoms with Gasteiger partial charge in [-0.15, -0.1) is 0 Å². The number of carbonyl (C=O) groups is 2. The molecular weight excluding hydrogens is 454 g/mol. The summed E-state index contributed by atoms with van der Waals surface area (Å²) in [5, 5.41) is 0. The molecular formula is C14H16I2O2. The molecule has 0 aromatic heterocycles. The van der Waals surface area contributed by atoms with Crippen molar-refractivity contribution in [2.24, 2.45) is 0 Å². The van der Waals surface area contributed by atoms with Crippen LogP contribution < -0.4 is 0 Å². The summed E-state index contributed by atoms with van der Waals surface area (Å²) >= 11 is 3.53. The molecule has 98 valence electrons. The fourth-order valence-corrected chi connectivity index (χ4v) is 4.18. The van der Waals surface area contributed by atoms with E-state index < -0.39 is 5.41 Å². The topological polar surface area (TPSA) is 34.1 Å². The second-order valence-electron chi connectivity index (χ2n) is 4.28. The summed E-state index contributed by atoms with van der Waals surface area (Å²) in [6.45, 7) is 2.11. The van der Waals surface area contributed by atoms with Gasteiger partial charge < -0.3 is 0 Å². The lowest BCUT2D eigenvalue weighted by Crippen LogP contribution is -2.38. The van der Waals surface area contributed by atoms with E-state index in [0.717, 1.165) is 24.8 Å². The smallest absolute Gasteiger partial charge is 0.211 e. The number of benzene rings is 1. The zero-order valence-electron chi connectivity index (χ0n) is 10.3. The van der Waals surface area contributed by atoms with E-state index in [1.807, 2.05) is 30.3 Å². The third-order valence-corrected chi connectivity index (χ3v) is 4.93. The Morgan fingerprint density at radius 3 is 2.06 bits per heavy atom. The molecule has 0 radical (unpaired) electrons. The van der Waals surface area contributed by atoms with Crippen molar-refractivity contribution < 1.29 is 9.59 Å². The number of rotatable bonds is 7. The molecule has 1 aromatic rings. The van der Waals surface area contributed by atoms with Crippen molar-refractivity contribution in [2.75, 3.05) is 0 Å². The van der Waals surface area contributed by atoms with Crippen LogP contribution in [0, 0.1) is 0 Å². The maximum atomic E-state index is 12.1. The van der Waals surface area contributed by atoms with Crippen LogP contribution in [0.15, 0.2) is 30.3 Å². The quantitative estimate of drug-likeness (QED) is 0.256. The van der Waals surface area contributed by atoms with Crippen molar-refractivity contribution in [2.45, 2.75) is 38.0 Å². The molecule has 1 aromatic carbocycles. The molecule has 0 fully saturated rings. The number of hydrogen-bond donors (Lipinski definition) is 0. The Morgan fingerprint density at radius 1 is 1.06 bits per heavy atom. The molecule has 0 unspecified atom stereocenters. The largest absolute Gasteiger partial charge is 0.286 e. The molecule has 0 saturated heterocycles. The molecule has 0 aliphatic rings. The van der Waals surface area contributed by atoms with Crippen LogP contribution in [-0.4, -0.2) is 7.58 Å². The van der Waals surface area contributed by atoms with Crippen LogP contribution in [0.5, 0.6) is 0 Å². The van der Waals surface area contributed by atoms with Gasteiger partial charge in [0.2, 0.25) is 7.58 Å². The highest BCUT2D eigenvalue weighted by Crippen LogP contribution is 2.36. The van der Waals surface area contributed by atoms with Gasteiger partial charge in [-0.3, -0.25) is 9.59 Å². The second kappa shape index (κ2) is 7.57. The first kappa shape index (κ1) is 16.1. The van der Waals surface area contributed by atoms with Crippen molar-refractivity contribution >= 4 is 52.8 Å². The highest BCUT2D eigenvalue weighted by molar-refractivity contribution is 14.1. The molecule has 0 aliphatic heterocycles. The Kier molecular flexibility index (Phi) is 6.76. The molecule has 0 saturated carbocycles. The number of carbonyl (C=O) groups excluding carboxylic acids is 2. The van der Waals surface area contributed by atoms with Crippen LogP contribution in [-0.2, 0) is 15.0 Å². The van der Waals surface area contributed by atoms with Crippen molar-refractivity contribution in [1.82, 2.24) is 0 Å². The summed E-state index contributed by atoms with van der Waals surface area (Å²) in [7, 11) is 0. The average molecular weight is 470 g/mol. The molecule has 1 rings (SSSR count). The first-order chi connectivity index (χ1) is 8.55. The van der Waals surface area contributed by atoms with Gasteiger partial charge in [-0.1, -0.05) is 56.5 Å². The third-order valence-electron chi connectivity index (χ3n) is 3.09. The van der Waals surface area contributed by atoms with Crippen LogP contribution in [0.2, 0.25) is 0 Å². The van der Waals surface area contributed by atoms with Gasteiger partial charge in [-0.2, -0.15) is 0 Å². The van der Waals surface area contributed by atoms with Gasteiger partial charge in [0.05, 0.1) is 0 Å². The number of unbranched alkanes of at least 4 members (excludes halogenated alkanes) is 2. The van der Waals surface area contributed by atoms with Crippen LogP contribution in [0.3, 0.4) is 0 Å². The first-order valence-electron chi connectivity index (χ1n) is 6.01. The van der Waals surface area contributed by atoms with Crippen molar-refractivity contribution in [1.29, 1.82) is 0 Å². The van der Waals surface area contributed by atoms with Crippen LogP contribution in [0.25, 0.3) is 0 Å². The predicted octanol–water partition coefficient (Wildman–Crippen LogP) is 4.43. The van der Waals surface area contributed by atoms with Gasteiger partial charge in [0.1, 0.15) is 5.41 Å². The van der Waals surface area contributed by atoms with E-state index in [0.29, 0.717) is 6.42 Å². The van der Waals surface area contributed by atoms with E-state index in [1.54, 1.807) is 45.2 Å². The van der Waals surface area contributed by atoms with E-state index in [-0.39, 0.29) is 7.58 Å². The van der Waals surface area contributed by atoms with Gasteiger partial charge in [-0.05, 0) is 12.0 Å². The van der Waals surface area contributed by atoms with E-state index in [1.165, 1.54) is 0 Å². The minimum absolute atomic E-state index is 0.0817. The third kappa shape index (κ3) is 3.53. The monoisotopic (exact) mass is 470 g/mol. The van der Waals surface area contributed by atoms with Gasteiger partial charge in [-0.25, -0.2) is 0 Å². The Labute approximate surface area is 135 Å². The van der Waals surface area contributed by atoms with E-state index in [4.69, 9.17) is 0 Å². The molecule has 0 amide bonds. The van der Waals surface area contributed by atoms with E-state index in [2.05, 4.69) is 6.92 Å². The van der Waals surface area contributed by atoms with Crippen molar-refractivity contribution in [3.8, 4) is 0 Å². The van der Waals surface area contributed by atoms with Crippen LogP contribution in [0.4, 0.5) is 0 Å². The zero-order chi connectivity index (χ0) is 13.6. The first-order valence-corrected chi connectivity index (χ1v) is 8.17. The highest BCUT2D eigenvalue weighted by atomic mass is 127. The number of halogens is 2. The predicted molar refractivity (Wildman–Crippen MR) is 90.3 cm³/mol. The Bertz CT molecular complexity index is 401. The Hall–Kier alpha value is 0.0200. The molecule has 18 heavy (non-hydrogen) atoms. The number of hydrogen-bond acceptors (Lipinski definition) is 2. The summed E-state index contributed by atoms with van der Waals surface area (Å²) in [5.41, 5.74) is -0.141. The fourth-order valence-electron chi connectivity index (χ4n) is 2.01. The average Bonchev–Trinajstić information content (AvgIpc) is 2.35. The Balaban J connectivity index is 3.14. The lowest BCUT2D eigenvalue weighted by atomic mass is 9.79. The van der Waals surface area contributed by atoms with Crippen molar-refractivity contribution in [3.05, 3.63) is 35.9 Å². The SMILES string of the molecule is CCCCCC(C(=O)I)(C(=O)I)c1ccccc1. The minimum atomic E-state index is -0.961. The normalized spacial score (nSPS) is 11.3. The molecule has 4 heteroatoms. The van der Waals surface area contributed by atoms with Gasteiger partial charge >= 0.3 is 0 Å². The zero-order valence-corrected chi connectivity index (χ0v) is 14.6. The van der Waals surface area contributed by atoms with Crippen LogP contribution in [0.1, 0.15) is 38.2 Å². The summed E-state index contributed by atoms with van der Waals surface area (Å²) < 4.78 is -0.163. The second-order valence-corrected chi connectivity index (χ2v) is 6.24. The molecule has 0 bridgehead atoms. The fraction of sp³-hybridized carbons (Fsp3) is 0.429.